The Hall–Kier alpha value is -1.59. The molecule has 0 unspecified atom stereocenters. The molecule has 0 radical (unpaired) electrons. The Labute approximate surface area is 119 Å². The molecule has 5 heteroatoms. The summed E-state index contributed by atoms with van der Waals surface area (Å²) >= 11 is 0. The van der Waals surface area contributed by atoms with Crippen LogP contribution in [-0.4, -0.2) is 35.8 Å². The number of amides is 1. The second-order valence-electron chi connectivity index (χ2n) is 5.85. The van der Waals surface area contributed by atoms with Crippen molar-refractivity contribution in [2.45, 2.75) is 39.1 Å². The summed E-state index contributed by atoms with van der Waals surface area (Å²) in [5.41, 5.74) is 0.586. The van der Waals surface area contributed by atoms with E-state index in [1.165, 1.54) is 0 Å². The summed E-state index contributed by atoms with van der Waals surface area (Å²) in [6.07, 6.45) is -0.383. The lowest BCUT2D eigenvalue weighted by atomic mass is 10.2. The van der Waals surface area contributed by atoms with Gasteiger partial charge in [-0.3, -0.25) is 0 Å². The molecule has 110 valence electrons. The average Bonchev–Trinajstić information content (AvgIpc) is 2.31. The van der Waals surface area contributed by atoms with E-state index in [0.717, 1.165) is 5.56 Å². The number of ether oxygens (including phenoxy) is 1. The Morgan fingerprint density at radius 2 is 1.90 bits per heavy atom. The zero-order valence-corrected chi connectivity index (χ0v) is 12.2. The van der Waals surface area contributed by atoms with Crippen LogP contribution >= 0.6 is 0 Å². The van der Waals surface area contributed by atoms with Gasteiger partial charge in [0.1, 0.15) is 18.3 Å². The van der Waals surface area contributed by atoms with E-state index in [0.29, 0.717) is 19.7 Å². The van der Waals surface area contributed by atoms with Crippen LogP contribution in [0.3, 0.4) is 0 Å². The van der Waals surface area contributed by atoms with Crippen LogP contribution in [0, 0.1) is 0 Å². The Balaban J connectivity index is 1.61. The number of rotatable bonds is 4. The van der Waals surface area contributed by atoms with Gasteiger partial charge in [-0.1, -0.05) is 30.3 Å². The fourth-order valence-electron chi connectivity index (χ4n) is 1.75. The van der Waals surface area contributed by atoms with Gasteiger partial charge in [-0.15, -0.1) is 0 Å². The molecule has 5 nitrogen and oxygen atoms in total. The third-order valence-corrected chi connectivity index (χ3v) is 2.77. The molecule has 1 amide bonds. The molecule has 1 saturated heterocycles. The molecule has 0 N–H and O–H groups in total. The molecule has 1 heterocycles. The maximum atomic E-state index is 11.7. The third kappa shape index (κ3) is 4.51. The minimum Gasteiger partial charge on any atom is -0.444 e. The van der Waals surface area contributed by atoms with Crippen molar-refractivity contribution in [3.8, 4) is 0 Å². The second-order valence-corrected chi connectivity index (χ2v) is 5.85. The van der Waals surface area contributed by atoms with Crippen LogP contribution in [0.1, 0.15) is 26.3 Å². The van der Waals surface area contributed by atoms with Crippen molar-refractivity contribution in [1.82, 2.24) is 4.90 Å². The summed E-state index contributed by atoms with van der Waals surface area (Å²) in [6, 6.07) is 9.79. The normalized spacial score (nSPS) is 15.8. The van der Waals surface area contributed by atoms with Gasteiger partial charge in [0.05, 0.1) is 13.1 Å². The van der Waals surface area contributed by atoms with Crippen LogP contribution in [0.4, 0.5) is 4.79 Å². The Morgan fingerprint density at radius 3 is 2.50 bits per heavy atom. The molecule has 0 bridgehead atoms. The van der Waals surface area contributed by atoms with Gasteiger partial charge in [-0.25, -0.2) is 14.6 Å². The number of hydrogen-bond donors (Lipinski definition) is 0. The van der Waals surface area contributed by atoms with Crippen molar-refractivity contribution in [2.24, 2.45) is 0 Å². The summed E-state index contributed by atoms with van der Waals surface area (Å²) in [7, 11) is 0. The van der Waals surface area contributed by atoms with Gasteiger partial charge in [0.15, 0.2) is 0 Å². The van der Waals surface area contributed by atoms with E-state index in [1.807, 2.05) is 51.1 Å². The zero-order valence-electron chi connectivity index (χ0n) is 12.2. The zero-order chi connectivity index (χ0) is 14.6. The number of likely N-dealkylation sites (tertiary alicyclic amines) is 1. The predicted molar refractivity (Wildman–Crippen MR) is 73.9 cm³/mol. The summed E-state index contributed by atoms with van der Waals surface area (Å²) in [5.74, 6) is 0. The molecule has 20 heavy (non-hydrogen) atoms. The number of nitrogens with zero attached hydrogens (tertiary/aromatic N) is 1. The molecule has 1 aliphatic heterocycles. The van der Waals surface area contributed by atoms with Crippen LogP contribution in [0.5, 0.6) is 0 Å². The molecule has 0 aromatic heterocycles. The molecule has 1 fully saturated rings. The Bertz CT molecular complexity index is 435. The van der Waals surface area contributed by atoms with Crippen molar-refractivity contribution in [2.75, 3.05) is 13.1 Å². The predicted octanol–water partition coefficient (Wildman–Crippen LogP) is 2.75. The summed E-state index contributed by atoms with van der Waals surface area (Å²) in [5, 5.41) is 0. The van der Waals surface area contributed by atoms with Gasteiger partial charge >= 0.3 is 6.09 Å². The lowest BCUT2D eigenvalue weighted by Crippen LogP contribution is -2.55. The van der Waals surface area contributed by atoms with Crippen LogP contribution in [0.15, 0.2) is 30.3 Å². The van der Waals surface area contributed by atoms with Gasteiger partial charge in [0, 0.05) is 0 Å². The highest BCUT2D eigenvalue weighted by molar-refractivity contribution is 5.69. The van der Waals surface area contributed by atoms with Gasteiger partial charge in [-0.05, 0) is 26.3 Å². The molecule has 0 spiro atoms. The lowest BCUT2D eigenvalue weighted by molar-refractivity contribution is -0.348. The molecule has 1 aromatic rings. The van der Waals surface area contributed by atoms with E-state index in [4.69, 9.17) is 14.5 Å². The quantitative estimate of drug-likeness (QED) is 0.628. The first kappa shape index (κ1) is 14.8. The monoisotopic (exact) mass is 279 g/mol. The van der Waals surface area contributed by atoms with Crippen molar-refractivity contribution in [3.63, 3.8) is 0 Å². The van der Waals surface area contributed by atoms with E-state index < -0.39 is 5.60 Å². The van der Waals surface area contributed by atoms with Crippen LogP contribution in [0.2, 0.25) is 0 Å². The van der Waals surface area contributed by atoms with E-state index in [-0.39, 0.29) is 12.2 Å². The van der Waals surface area contributed by atoms with Crippen molar-refractivity contribution >= 4 is 6.09 Å². The smallest absolute Gasteiger partial charge is 0.410 e. The number of hydrogen-bond acceptors (Lipinski definition) is 4. The highest BCUT2D eigenvalue weighted by Gasteiger charge is 2.35. The van der Waals surface area contributed by atoms with Gasteiger partial charge in [-0.2, -0.15) is 0 Å². The lowest BCUT2D eigenvalue weighted by Gasteiger charge is -2.38. The summed E-state index contributed by atoms with van der Waals surface area (Å²) in [4.78, 5) is 23.7. The van der Waals surface area contributed by atoms with Gasteiger partial charge in [0.2, 0.25) is 0 Å². The molecule has 1 aliphatic rings. The second kappa shape index (κ2) is 6.24. The summed E-state index contributed by atoms with van der Waals surface area (Å²) in [6.45, 7) is 6.96. The van der Waals surface area contributed by atoms with Crippen molar-refractivity contribution < 1.29 is 19.3 Å². The highest BCUT2D eigenvalue weighted by atomic mass is 17.2. The maximum absolute atomic E-state index is 11.7. The number of benzene rings is 1. The molecule has 2 rings (SSSR count). The SMILES string of the molecule is CC(C)(C)OC(=O)N1CC(OOCc2ccccc2)C1. The first-order valence-corrected chi connectivity index (χ1v) is 6.74. The highest BCUT2D eigenvalue weighted by Crippen LogP contribution is 2.17. The fraction of sp³-hybridized carbons (Fsp3) is 0.533. The molecule has 0 aliphatic carbocycles. The summed E-state index contributed by atoms with van der Waals surface area (Å²) < 4.78 is 5.25. The van der Waals surface area contributed by atoms with E-state index in [2.05, 4.69) is 0 Å². The average molecular weight is 279 g/mol. The molecule has 1 aromatic carbocycles. The van der Waals surface area contributed by atoms with E-state index >= 15 is 0 Å². The maximum Gasteiger partial charge on any atom is 0.410 e. The largest absolute Gasteiger partial charge is 0.444 e. The molecule has 0 atom stereocenters. The standard InChI is InChI=1S/C15H21NO4/c1-15(2,3)19-14(17)16-9-13(10-16)20-18-11-12-7-5-4-6-8-12/h4-8,13H,9-11H2,1-3H3. The van der Waals surface area contributed by atoms with Gasteiger partial charge in [0.25, 0.3) is 0 Å². The van der Waals surface area contributed by atoms with Crippen LogP contribution < -0.4 is 0 Å². The van der Waals surface area contributed by atoms with Crippen LogP contribution in [0.25, 0.3) is 0 Å². The molecular formula is C15H21NO4. The number of carbonyl (C=O) groups is 1. The van der Waals surface area contributed by atoms with Crippen molar-refractivity contribution in [3.05, 3.63) is 35.9 Å². The molecular weight excluding hydrogens is 258 g/mol. The minimum absolute atomic E-state index is 0.0776. The van der Waals surface area contributed by atoms with Crippen molar-refractivity contribution in [1.29, 1.82) is 0 Å². The van der Waals surface area contributed by atoms with E-state index in [9.17, 15) is 4.79 Å². The van der Waals surface area contributed by atoms with E-state index in [1.54, 1.807) is 4.90 Å². The Morgan fingerprint density at radius 1 is 1.25 bits per heavy atom. The first-order valence-electron chi connectivity index (χ1n) is 6.74. The Kier molecular flexibility index (Phi) is 4.62. The first-order chi connectivity index (χ1) is 9.44. The number of carbonyl (C=O) groups excluding carboxylic acids is 1. The minimum atomic E-state index is -0.465. The van der Waals surface area contributed by atoms with Gasteiger partial charge < -0.3 is 9.64 Å². The topological polar surface area (TPSA) is 48.0 Å². The van der Waals surface area contributed by atoms with Crippen LogP contribution in [-0.2, 0) is 21.1 Å². The fourth-order valence-corrected chi connectivity index (χ4v) is 1.75. The third-order valence-electron chi connectivity index (χ3n) is 2.77. The molecule has 0 saturated carbocycles.